The quantitative estimate of drug-likeness (QED) is 0.476. The molecule has 0 N–H and O–H groups in total. The van der Waals surface area contributed by atoms with E-state index < -0.39 is 0 Å². The standard InChI is InChI=1S/C27H32N2O/c1-5-20-12-10-13-21(6-2)27(20)24-17-26(30-7-3)23(19(4)28-24)18-29-16-15-22-11-8-9-14-25(22)29/h8-14,17H,5-7,15-16,18H2,1-4H3. The van der Waals surface area contributed by atoms with Gasteiger partial charge < -0.3 is 9.64 Å². The molecule has 2 aromatic carbocycles. The van der Waals surface area contributed by atoms with Crippen molar-refractivity contribution in [1.29, 1.82) is 0 Å². The number of benzene rings is 2. The summed E-state index contributed by atoms with van der Waals surface area (Å²) in [5.41, 5.74) is 10.1. The van der Waals surface area contributed by atoms with Crippen molar-refractivity contribution in [2.75, 3.05) is 18.1 Å². The average molecular weight is 401 g/mol. The van der Waals surface area contributed by atoms with Gasteiger partial charge in [0.1, 0.15) is 5.75 Å². The summed E-state index contributed by atoms with van der Waals surface area (Å²) in [7, 11) is 0. The molecule has 156 valence electrons. The molecular formula is C27H32N2O. The Balaban J connectivity index is 1.76. The molecule has 0 spiro atoms. The largest absolute Gasteiger partial charge is 0.493 e. The van der Waals surface area contributed by atoms with Crippen molar-refractivity contribution in [3.63, 3.8) is 0 Å². The van der Waals surface area contributed by atoms with Crippen LogP contribution in [-0.2, 0) is 25.8 Å². The van der Waals surface area contributed by atoms with Gasteiger partial charge in [0.25, 0.3) is 0 Å². The van der Waals surface area contributed by atoms with E-state index >= 15 is 0 Å². The van der Waals surface area contributed by atoms with Crippen LogP contribution in [0.25, 0.3) is 11.3 Å². The van der Waals surface area contributed by atoms with E-state index in [2.05, 4.69) is 81.1 Å². The molecule has 0 atom stereocenters. The zero-order valence-electron chi connectivity index (χ0n) is 18.7. The van der Waals surface area contributed by atoms with Crippen LogP contribution in [0.5, 0.6) is 5.75 Å². The van der Waals surface area contributed by atoms with Crippen molar-refractivity contribution in [3.05, 3.63) is 76.5 Å². The van der Waals surface area contributed by atoms with E-state index in [0.29, 0.717) is 6.61 Å². The Morgan fingerprint density at radius 3 is 2.40 bits per heavy atom. The molecule has 0 unspecified atom stereocenters. The summed E-state index contributed by atoms with van der Waals surface area (Å²) in [6, 6.07) is 17.5. The first-order valence-electron chi connectivity index (χ1n) is 11.2. The Morgan fingerprint density at radius 2 is 1.70 bits per heavy atom. The molecule has 1 aliphatic rings. The number of rotatable bonds is 7. The highest BCUT2D eigenvalue weighted by Gasteiger charge is 2.22. The lowest BCUT2D eigenvalue weighted by molar-refractivity contribution is 0.335. The summed E-state index contributed by atoms with van der Waals surface area (Å²) in [4.78, 5) is 7.55. The Hall–Kier alpha value is -2.81. The SMILES string of the molecule is CCOc1cc(-c2c(CC)cccc2CC)nc(C)c1CN1CCc2ccccc21. The molecular weight excluding hydrogens is 368 g/mol. The van der Waals surface area contributed by atoms with E-state index in [9.17, 15) is 0 Å². The predicted molar refractivity (Wildman–Crippen MR) is 126 cm³/mol. The Bertz CT molecular complexity index is 1020. The first-order valence-corrected chi connectivity index (χ1v) is 11.2. The van der Waals surface area contributed by atoms with Crippen LogP contribution in [0, 0.1) is 6.92 Å². The van der Waals surface area contributed by atoms with Gasteiger partial charge in [-0.15, -0.1) is 0 Å². The highest BCUT2D eigenvalue weighted by molar-refractivity contribution is 5.70. The molecule has 0 radical (unpaired) electrons. The maximum absolute atomic E-state index is 6.16. The molecule has 2 heterocycles. The molecule has 0 aliphatic carbocycles. The van der Waals surface area contributed by atoms with Crippen LogP contribution in [0.2, 0.25) is 0 Å². The molecule has 0 saturated carbocycles. The fraction of sp³-hybridized carbons (Fsp3) is 0.370. The van der Waals surface area contributed by atoms with Crippen LogP contribution in [0.3, 0.4) is 0 Å². The molecule has 0 bridgehead atoms. The summed E-state index contributed by atoms with van der Waals surface area (Å²) < 4.78 is 6.16. The normalized spacial score (nSPS) is 12.9. The number of anilines is 1. The van der Waals surface area contributed by atoms with Gasteiger partial charge in [0, 0.05) is 41.7 Å². The van der Waals surface area contributed by atoms with E-state index in [1.165, 1.54) is 33.5 Å². The number of nitrogens with zero attached hydrogens (tertiary/aromatic N) is 2. The van der Waals surface area contributed by atoms with Gasteiger partial charge in [-0.3, -0.25) is 4.98 Å². The molecule has 1 aliphatic heterocycles. The lowest BCUT2D eigenvalue weighted by atomic mass is 9.94. The number of hydrogen-bond donors (Lipinski definition) is 0. The summed E-state index contributed by atoms with van der Waals surface area (Å²) in [5.74, 6) is 0.970. The van der Waals surface area contributed by atoms with E-state index in [1.54, 1.807) is 0 Å². The first kappa shape index (κ1) is 20.5. The summed E-state index contributed by atoms with van der Waals surface area (Å²) in [6.45, 7) is 11.2. The molecule has 4 rings (SSSR count). The van der Waals surface area contributed by atoms with Crippen molar-refractivity contribution >= 4 is 5.69 Å². The fourth-order valence-electron chi connectivity index (χ4n) is 4.61. The maximum atomic E-state index is 6.16. The van der Waals surface area contributed by atoms with Gasteiger partial charge in [0.05, 0.1) is 12.3 Å². The van der Waals surface area contributed by atoms with Gasteiger partial charge >= 0.3 is 0 Å². The monoisotopic (exact) mass is 400 g/mol. The Kier molecular flexibility index (Phi) is 6.08. The summed E-state index contributed by atoms with van der Waals surface area (Å²) >= 11 is 0. The molecule has 1 aromatic heterocycles. The third-order valence-electron chi connectivity index (χ3n) is 6.18. The third kappa shape index (κ3) is 3.81. The van der Waals surface area contributed by atoms with Gasteiger partial charge in [-0.05, 0) is 55.9 Å². The van der Waals surface area contributed by atoms with Crippen LogP contribution in [0.4, 0.5) is 5.69 Å². The second kappa shape index (κ2) is 8.91. The highest BCUT2D eigenvalue weighted by Crippen LogP contribution is 2.35. The van der Waals surface area contributed by atoms with Gasteiger partial charge in [0.15, 0.2) is 0 Å². The predicted octanol–water partition coefficient (Wildman–Crippen LogP) is 6.14. The van der Waals surface area contributed by atoms with Gasteiger partial charge in [-0.2, -0.15) is 0 Å². The highest BCUT2D eigenvalue weighted by atomic mass is 16.5. The van der Waals surface area contributed by atoms with Gasteiger partial charge in [-0.25, -0.2) is 0 Å². The van der Waals surface area contributed by atoms with Gasteiger partial charge in [-0.1, -0.05) is 50.2 Å². The molecule has 0 amide bonds. The number of pyridine rings is 1. The zero-order valence-corrected chi connectivity index (χ0v) is 18.7. The fourth-order valence-corrected chi connectivity index (χ4v) is 4.61. The lowest BCUT2D eigenvalue weighted by Crippen LogP contribution is -2.21. The van der Waals surface area contributed by atoms with Crippen molar-refractivity contribution < 1.29 is 4.74 Å². The topological polar surface area (TPSA) is 25.4 Å². The molecule has 0 fully saturated rings. The molecule has 30 heavy (non-hydrogen) atoms. The molecule has 3 aromatic rings. The van der Waals surface area contributed by atoms with Crippen LogP contribution in [-0.4, -0.2) is 18.1 Å². The zero-order chi connectivity index (χ0) is 21.1. The summed E-state index contributed by atoms with van der Waals surface area (Å²) in [5, 5.41) is 0. The number of para-hydroxylation sites is 1. The average Bonchev–Trinajstić information content (AvgIpc) is 3.18. The third-order valence-corrected chi connectivity index (χ3v) is 6.18. The molecule has 3 nitrogen and oxygen atoms in total. The van der Waals surface area contributed by atoms with Crippen molar-refractivity contribution in [3.8, 4) is 17.0 Å². The Labute approximate surface area is 180 Å². The first-order chi connectivity index (χ1) is 14.7. The minimum atomic E-state index is 0.655. The van der Waals surface area contributed by atoms with Gasteiger partial charge in [0.2, 0.25) is 0 Å². The minimum Gasteiger partial charge on any atom is -0.493 e. The van der Waals surface area contributed by atoms with E-state index in [4.69, 9.17) is 9.72 Å². The number of aromatic nitrogens is 1. The van der Waals surface area contributed by atoms with E-state index in [0.717, 1.165) is 49.5 Å². The molecule has 3 heteroatoms. The number of hydrogen-bond acceptors (Lipinski definition) is 3. The van der Waals surface area contributed by atoms with Crippen molar-refractivity contribution in [2.24, 2.45) is 0 Å². The number of fused-ring (bicyclic) bond motifs is 1. The lowest BCUT2D eigenvalue weighted by Gasteiger charge is -2.23. The van der Waals surface area contributed by atoms with E-state index in [-0.39, 0.29) is 0 Å². The van der Waals surface area contributed by atoms with Crippen molar-refractivity contribution in [1.82, 2.24) is 4.98 Å². The Morgan fingerprint density at radius 1 is 0.967 bits per heavy atom. The smallest absolute Gasteiger partial charge is 0.128 e. The minimum absolute atomic E-state index is 0.655. The number of aryl methyl sites for hydroxylation is 3. The van der Waals surface area contributed by atoms with Crippen molar-refractivity contribution in [2.45, 2.75) is 53.5 Å². The van der Waals surface area contributed by atoms with Crippen LogP contribution >= 0.6 is 0 Å². The summed E-state index contributed by atoms with van der Waals surface area (Å²) in [6.07, 6.45) is 3.11. The number of ether oxygens (including phenoxy) is 1. The van der Waals surface area contributed by atoms with E-state index in [1.807, 2.05) is 0 Å². The van der Waals surface area contributed by atoms with Crippen LogP contribution < -0.4 is 9.64 Å². The maximum Gasteiger partial charge on any atom is 0.128 e. The van der Waals surface area contributed by atoms with Crippen LogP contribution in [0.15, 0.2) is 48.5 Å². The molecule has 0 saturated heterocycles. The second-order valence-electron chi connectivity index (χ2n) is 7.96. The second-order valence-corrected chi connectivity index (χ2v) is 7.96. The van der Waals surface area contributed by atoms with Crippen LogP contribution in [0.1, 0.15) is 48.7 Å².